The van der Waals surface area contributed by atoms with Crippen LogP contribution in [0, 0.1) is 0 Å². The highest BCUT2D eigenvalue weighted by Crippen LogP contribution is 2.43. The van der Waals surface area contributed by atoms with Crippen molar-refractivity contribution in [3.8, 4) is 0 Å². The first-order valence-corrected chi connectivity index (χ1v) is 8.40. The predicted octanol–water partition coefficient (Wildman–Crippen LogP) is 4.68. The van der Waals surface area contributed by atoms with Gasteiger partial charge in [-0.15, -0.1) is 11.8 Å². The topological polar surface area (TPSA) is 20.3 Å². The second-order valence-corrected chi connectivity index (χ2v) is 6.44. The third-order valence-corrected chi connectivity index (χ3v) is 5.20. The summed E-state index contributed by atoms with van der Waals surface area (Å²) in [5.74, 6) is 0.625. The van der Waals surface area contributed by atoms with Gasteiger partial charge in [-0.1, -0.05) is 48.9 Å². The van der Waals surface area contributed by atoms with E-state index in [9.17, 15) is 4.79 Å². The van der Waals surface area contributed by atoms with Gasteiger partial charge in [-0.05, 0) is 30.2 Å². The molecule has 2 aromatic rings. The molecule has 0 saturated carbocycles. The van der Waals surface area contributed by atoms with Gasteiger partial charge in [0.15, 0.2) is 0 Å². The molecule has 2 aromatic carbocycles. The molecule has 21 heavy (non-hydrogen) atoms. The number of rotatable bonds is 3. The summed E-state index contributed by atoms with van der Waals surface area (Å²) in [5, 5.41) is 0.665. The normalized spacial score (nSPS) is 18.3. The van der Waals surface area contributed by atoms with Gasteiger partial charge < -0.3 is 0 Å². The molecule has 0 aromatic heterocycles. The second kappa shape index (κ2) is 6.12. The predicted molar refractivity (Wildman–Crippen MR) is 90.0 cm³/mol. The Kier molecular flexibility index (Phi) is 4.22. The molecule has 1 amide bonds. The molecule has 1 fully saturated rings. The van der Waals surface area contributed by atoms with E-state index in [0.717, 1.165) is 17.7 Å². The van der Waals surface area contributed by atoms with E-state index in [4.69, 9.17) is 11.6 Å². The summed E-state index contributed by atoms with van der Waals surface area (Å²) >= 11 is 7.92. The Morgan fingerprint density at radius 1 is 1.19 bits per heavy atom. The van der Waals surface area contributed by atoms with Crippen LogP contribution in [0.4, 0.5) is 5.69 Å². The lowest BCUT2D eigenvalue weighted by Crippen LogP contribution is -2.27. The highest BCUT2D eigenvalue weighted by molar-refractivity contribution is 8.00. The van der Waals surface area contributed by atoms with E-state index in [2.05, 4.69) is 19.1 Å². The van der Waals surface area contributed by atoms with E-state index in [1.54, 1.807) is 11.8 Å². The number of nitrogens with zero attached hydrogens (tertiary/aromatic N) is 1. The number of benzene rings is 2. The second-order valence-electron chi connectivity index (χ2n) is 4.97. The van der Waals surface area contributed by atoms with E-state index >= 15 is 0 Å². The van der Waals surface area contributed by atoms with Crippen LogP contribution in [-0.4, -0.2) is 11.7 Å². The fourth-order valence-corrected chi connectivity index (χ4v) is 4.02. The first-order valence-electron chi connectivity index (χ1n) is 6.97. The van der Waals surface area contributed by atoms with Gasteiger partial charge in [0.1, 0.15) is 5.37 Å². The SMILES string of the molecule is CCc1ccc(N2C(=O)CSC2c2ccccc2Cl)cc1. The van der Waals surface area contributed by atoms with Crippen molar-refractivity contribution in [2.24, 2.45) is 0 Å². The summed E-state index contributed by atoms with van der Waals surface area (Å²) in [6, 6.07) is 15.9. The molecule has 0 bridgehead atoms. The van der Waals surface area contributed by atoms with Crippen molar-refractivity contribution >= 4 is 35.0 Å². The summed E-state index contributed by atoms with van der Waals surface area (Å²) in [7, 11) is 0. The van der Waals surface area contributed by atoms with Crippen LogP contribution >= 0.6 is 23.4 Å². The number of halogens is 1. The highest BCUT2D eigenvalue weighted by Gasteiger charge is 2.34. The van der Waals surface area contributed by atoms with Crippen molar-refractivity contribution in [1.82, 2.24) is 0 Å². The van der Waals surface area contributed by atoms with E-state index in [0.29, 0.717) is 10.8 Å². The maximum Gasteiger partial charge on any atom is 0.238 e. The molecule has 1 aliphatic rings. The average molecular weight is 318 g/mol. The van der Waals surface area contributed by atoms with Crippen molar-refractivity contribution in [2.45, 2.75) is 18.7 Å². The molecular weight excluding hydrogens is 302 g/mol. The van der Waals surface area contributed by atoms with Gasteiger partial charge in [0.25, 0.3) is 0 Å². The Balaban J connectivity index is 1.97. The molecule has 1 aliphatic heterocycles. The van der Waals surface area contributed by atoms with Crippen LogP contribution < -0.4 is 4.90 Å². The maximum absolute atomic E-state index is 12.3. The molecule has 1 unspecified atom stereocenters. The molecule has 0 N–H and O–H groups in total. The van der Waals surface area contributed by atoms with Crippen LogP contribution in [0.2, 0.25) is 5.02 Å². The standard InChI is InChI=1S/C17H16ClNOS/c1-2-12-7-9-13(10-8-12)19-16(20)11-21-17(19)14-5-3-4-6-15(14)18/h3-10,17H,2,11H2,1H3. The molecule has 2 nitrogen and oxygen atoms in total. The number of aryl methyl sites for hydroxylation is 1. The Morgan fingerprint density at radius 3 is 2.57 bits per heavy atom. The number of anilines is 1. The summed E-state index contributed by atoms with van der Waals surface area (Å²) in [6.07, 6.45) is 0.997. The Bertz CT molecular complexity index is 656. The zero-order valence-electron chi connectivity index (χ0n) is 11.8. The first kappa shape index (κ1) is 14.5. The Morgan fingerprint density at radius 2 is 1.90 bits per heavy atom. The molecule has 108 valence electrons. The minimum atomic E-state index is -0.0429. The Labute approximate surface area is 134 Å². The lowest BCUT2D eigenvalue weighted by Gasteiger charge is -2.25. The first-order chi connectivity index (χ1) is 10.2. The number of carbonyl (C=O) groups is 1. The van der Waals surface area contributed by atoms with Crippen LogP contribution in [0.15, 0.2) is 48.5 Å². The van der Waals surface area contributed by atoms with Crippen molar-refractivity contribution < 1.29 is 4.79 Å². The maximum atomic E-state index is 12.3. The summed E-state index contributed by atoms with van der Waals surface area (Å²) in [4.78, 5) is 14.1. The minimum Gasteiger partial charge on any atom is -0.295 e. The fraction of sp³-hybridized carbons (Fsp3) is 0.235. The van der Waals surface area contributed by atoms with E-state index in [1.165, 1.54) is 5.56 Å². The van der Waals surface area contributed by atoms with Crippen molar-refractivity contribution in [2.75, 3.05) is 10.7 Å². The lowest BCUT2D eigenvalue weighted by atomic mass is 10.1. The summed E-state index contributed by atoms with van der Waals surface area (Å²) < 4.78 is 0. The van der Waals surface area contributed by atoms with Crippen molar-refractivity contribution in [1.29, 1.82) is 0 Å². The fourth-order valence-electron chi connectivity index (χ4n) is 2.50. The monoisotopic (exact) mass is 317 g/mol. The number of hydrogen-bond acceptors (Lipinski definition) is 2. The smallest absolute Gasteiger partial charge is 0.238 e. The van der Waals surface area contributed by atoms with Crippen LogP contribution in [0.5, 0.6) is 0 Å². The van der Waals surface area contributed by atoms with Crippen LogP contribution in [-0.2, 0) is 11.2 Å². The molecule has 0 aliphatic carbocycles. The van der Waals surface area contributed by atoms with E-state index < -0.39 is 0 Å². The number of thioether (sulfide) groups is 1. The van der Waals surface area contributed by atoms with Crippen molar-refractivity contribution in [3.05, 3.63) is 64.7 Å². The lowest BCUT2D eigenvalue weighted by molar-refractivity contribution is -0.115. The zero-order valence-corrected chi connectivity index (χ0v) is 13.3. The third kappa shape index (κ3) is 2.81. The van der Waals surface area contributed by atoms with E-state index in [-0.39, 0.29) is 11.3 Å². The summed E-state index contributed by atoms with van der Waals surface area (Å²) in [6.45, 7) is 2.12. The van der Waals surface area contributed by atoms with Gasteiger partial charge in [-0.3, -0.25) is 9.69 Å². The molecular formula is C17H16ClNOS. The van der Waals surface area contributed by atoms with Gasteiger partial charge in [0.2, 0.25) is 5.91 Å². The Hall–Kier alpha value is -1.45. The van der Waals surface area contributed by atoms with Gasteiger partial charge in [-0.25, -0.2) is 0 Å². The number of carbonyl (C=O) groups excluding carboxylic acids is 1. The average Bonchev–Trinajstić information content (AvgIpc) is 2.89. The van der Waals surface area contributed by atoms with Crippen LogP contribution in [0.1, 0.15) is 23.4 Å². The third-order valence-electron chi connectivity index (χ3n) is 3.66. The van der Waals surface area contributed by atoms with E-state index in [1.807, 2.05) is 41.3 Å². The van der Waals surface area contributed by atoms with Crippen molar-refractivity contribution in [3.63, 3.8) is 0 Å². The van der Waals surface area contributed by atoms with Crippen LogP contribution in [0.3, 0.4) is 0 Å². The number of hydrogen-bond donors (Lipinski definition) is 0. The van der Waals surface area contributed by atoms with Gasteiger partial charge in [0.05, 0.1) is 5.75 Å². The van der Waals surface area contributed by atoms with Crippen LogP contribution in [0.25, 0.3) is 0 Å². The highest BCUT2D eigenvalue weighted by atomic mass is 35.5. The molecule has 0 spiro atoms. The molecule has 0 radical (unpaired) electrons. The molecule has 3 rings (SSSR count). The summed E-state index contributed by atoms with van der Waals surface area (Å²) in [5.41, 5.74) is 3.20. The van der Waals surface area contributed by atoms with Gasteiger partial charge in [0, 0.05) is 16.3 Å². The minimum absolute atomic E-state index is 0.0429. The molecule has 1 saturated heterocycles. The molecule has 4 heteroatoms. The zero-order chi connectivity index (χ0) is 14.8. The number of amides is 1. The van der Waals surface area contributed by atoms with Gasteiger partial charge in [-0.2, -0.15) is 0 Å². The van der Waals surface area contributed by atoms with Gasteiger partial charge >= 0.3 is 0 Å². The molecule has 1 atom stereocenters. The quantitative estimate of drug-likeness (QED) is 0.819. The molecule has 1 heterocycles. The largest absolute Gasteiger partial charge is 0.295 e.